The van der Waals surface area contributed by atoms with Gasteiger partial charge in [-0.3, -0.25) is 19.4 Å². The van der Waals surface area contributed by atoms with Gasteiger partial charge in [0.15, 0.2) is 11.4 Å². The number of nitrogens with zero attached hydrogens (tertiary/aromatic N) is 4. The van der Waals surface area contributed by atoms with Crippen molar-refractivity contribution in [3.05, 3.63) is 59.7 Å². The molecule has 2 aromatic carbocycles. The van der Waals surface area contributed by atoms with Gasteiger partial charge in [-0.2, -0.15) is 0 Å². The predicted octanol–water partition coefficient (Wildman–Crippen LogP) is 3.03. The summed E-state index contributed by atoms with van der Waals surface area (Å²) in [5.74, 6) is 0.601. The minimum Gasteiger partial charge on any atom is -0.354 e. The third-order valence-corrected chi connectivity index (χ3v) is 6.01. The smallest absolute Gasteiger partial charge is 0.261 e. The van der Waals surface area contributed by atoms with E-state index < -0.39 is 0 Å². The van der Waals surface area contributed by atoms with Crippen LogP contribution in [0.4, 0.5) is 5.82 Å². The fourth-order valence-electron chi connectivity index (χ4n) is 4.33. The Morgan fingerprint density at radius 3 is 2.17 bits per heavy atom. The average Bonchev–Trinajstić information content (AvgIpc) is 3.32. The number of imide groups is 1. The van der Waals surface area contributed by atoms with Gasteiger partial charge in [-0.1, -0.05) is 29.4 Å². The number of hydrogen-bond donors (Lipinski definition) is 0. The molecular formula is C23H24N4O3. The molecule has 1 fully saturated rings. The summed E-state index contributed by atoms with van der Waals surface area (Å²) in [6.45, 7) is 5.21. The van der Waals surface area contributed by atoms with Crippen molar-refractivity contribution < 1.29 is 14.1 Å². The molecule has 0 saturated carbocycles. The first-order valence-electron chi connectivity index (χ1n) is 10.5. The number of anilines is 1. The number of carbonyl (C=O) groups excluding carboxylic acids is 2. The van der Waals surface area contributed by atoms with Crippen molar-refractivity contribution in [3.8, 4) is 0 Å². The SMILES string of the molecule is O=C1c2ccccc2C(=O)N1CCCCN1CCN(c2noc3ccccc23)CC1. The lowest BCUT2D eigenvalue weighted by atomic mass is 10.1. The minimum atomic E-state index is -0.163. The molecule has 7 heteroatoms. The van der Waals surface area contributed by atoms with Gasteiger partial charge in [0.25, 0.3) is 11.8 Å². The van der Waals surface area contributed by atoms with Crippen LogP contribution in [-0.2, 0) is 0 Å². The Morgan fingerprint density at radius 2 is 1.43 bits per heavy atom. The Balaban J connectivity index is 1.08. The van der Waals surface area contributed by atoms with Gasteiger partial charge in [0.2, 0.25) is 0 Å². The number of para-hydroxylation sites is 1. The van der Waals surface area contributed by atoms with Crippen LogP contribution in [0, 0.1) is 0 Å². The number of fused-ring (bicyclic) bond motifs is 2. The molecule has 0 aliphatic carbocycles. The van der Waals surface area contributed by atoms with Gasteiger partial charge >= 0.3 is 0 Å². The molecule has 0 atom stereocenters. The van der Waals surface area contributed by atoms with Crippen LogP contribution >= 0.6 is 0 Å². The summed E-state index contributed by atoms with van der Waals surface area (Å²) in [4.78, 5) is 30.9. The molecule has 2 aliphatic heterocycles. The van der Waals surface area contributed by atoms with Gasteiger partial charge in [-0.05, 0) is 43.7 Å². The van der Waals surface area contributed by atoms with Gasteiger partial charge in [0.1, 0.15) is 0 Å². The second-order valence-corrected chi connectivity index (χ2v) is 7.85. The van der Waals surface area contributed by atoms with Gasteiger partial charge in [0, 0.05) is 32.7 Å². The summed E-state index contributed by atoms with van der Waals surface area (Å²) in [5, 5.41) is 5.32. The monoisotopic (exact) mass is 404 g/mol. The molecule has 0 N–H and O–H groups in total. The van der Waals surface area contributed by atoms with Gasteiger partial charge in [-0.25, -0.2) is 0 Å². The number of unbranched alkanes of at least 4 members (excludes halogenated alkanes) is 1. The highest BCUT2D eigenvalue weighted by Crippen LogP contribution is 2.26. The van der Waals surface area contributed by atoms with Crippen LogP contribution in [0.1, 0.15) is 33.6 Å². The Bertz CT molecular complexity index is 1050. The van der Waals surface area contributed by atoms with E-state index in [9.17, 15) is 9.59 Å². The first-order valence-corrected chi connectivity index (χ1v) is 10.5. The van der Waals surface area contributed by atoms with E-state index in [0.717, 1.165) is 62.4 Å². The van der Waals surface area contributed by atoms with Crippen molar-refractivity contribution in [2.24, 2.45) is 0 Å². The van der Waals surface area contributed by atoms with E-state index >= 15 is 0 Å². The number of amides is 2. The Hall–Kier alpha value is -3.19. The first kappa shape index (κ1) is 18.8. The summed E-state index contributed by atoms with van der Waals surface area (Å²) >= 11 is 0. The molecule has 5 rings (SSSR count). The summed E-state index contributed by atoms with van der Waals surface area (Å²) in [7, 11) is 0. The summed E-state index contributed by atoms with van der Waals surface area (Å²) in [6.07, 6.45) is 1.78. The Kier molecular flexibility index (Phi) is 4.96. The van der Waals surface area contributed by atoms with E-state index in [4.69, 9.17) is 4.52 Å². The minimum absolute atomic E-state index is 0.163. The van der Waals surface area contributed by atoms with Crippen molar-refractivity contribution in [2.75, 3.05) is 44.2 Å². The van der Waals surface area contributed by atoms with Crippen LogP contribution < -0.4 is 4.90 Å². The number of hydrogen-bond acceptors (Lipinski definition) is 6. The number of rotatable bonds is 6. The lowest BCUT2D eigenvalue weighted by molar-refractivity contribution is 0.0650. The van der Waals surface area contributed by atoms with Crippen molar-refractivity contribution in [2.45, 2.75) is 12.8 Å². The molecule has 0 spiro atoms. The molecule has 3 heterocycles. The van der Waals surface area contributed by atoms with Gasteiger partial charge < -0.3 is 9.42 Å². The molecule has 0 unspecified atom stereocenters. The van der Waals surface area contributed by atoms with Gasteiger partial charge in [-0.15, -0.1) is 0 Å². The van der Waals surface area contributed by atoms with E-state index in [-0.39, 0.29) is 11.8 Å². The van der Waals surface area contributed by atoms with E-state index in [2.05, 4.69) is 15.0 Å². The topological polar surface area (TPSA) is 69.9 Å². The highest BCUT2D eigenvalue weighted by atomic mass is 16.5. The van der Waals surface area contributed by atoms with E-state index in [0.29, 0.717) is 17.7 Å². The second kappa shape index (κ2) is 7.91. The molecule has 0 bridgehead atoms. The molecule has 154 valence electrons. The molecule has 3 aromatic rings. The standard InChI is InChI=1S/C23H24N4O3/c28-22-17-7-1-2-8-18(17)23(29)27(22)12-6-5-11-25-13-15-26(16-14-25)21-19-9-3-4-10-20(19)30-24-21/h1-4,7-10H,5-6,11-16H2. The normalized spacial score (nSPS) is 17.2. The largest absolute Gasteiger partial charge is 0.354 e. The lowest BCUT2D eigenvalue weighted by Crippen LogP contribution is -2.46. The van der Waals surface area contributed by atoms with Crippen LogP contribution in [0.3, 0.4) is 0 Å². The molecule has 2 aliphatic rings. The van der Waals surface area contributed by atoms with E-state index in [1.54, 1.807) is 24.3 Å². The third-order valence-electron chi connectivity index (χ3n) is 6.01. The fourth-order valence-corrected chi connectivity index (χ4v) is 4.33. The van der Waals surface area contributed by atoms with Crippen molar-refractivity contribution >= 4 is 28.6 Å². The molecule has 30 heavy (non-hydrogen) atoms. The number of piperazine rings is 1. The zero-order valence-corrected chi connectivity index (χ0v) is 16.8. The quantitative estimate of drug-likeness (QED) is 0.465. The highest BCUT2D eigenvalue weighted by molar-refractivity contribution is 6.21. The number of carbonyl (C=O) groups is 2. The van der Waals surface area contributed by atoms with Crippen LogP contribution in [0.2, 0.25) is 0 Å². The maximum atomic E-state index is 12.4. The number of benzene rings is 2. The van der Waals surface area contributed by atoms with Gasteiger partial charge in [0.05, 0.1) is 16.5 Å². The van der Waals surface area contributed by atoms with Crippen LogP contribution in [0.25, 0.3) is 11.0 Å². The van der Waals surface area contributed by atoms with Crippen molar-refractivity contribution in [3.63, 3.8) is 0 Å². The average molecular weight is 404 g/mol. The maximum Gasteiger partial charge on any atom is 0.261 e. The van der Waals surface area contributed by atoms with E-state index in [1.165, 1.54) is 4.90 Å². The molecule has 0 radical (unpaired) electrons. The molecule has 7 nitrogen and oxygen atoms in total. The molecule has 1 aromatic heterocycles. The summed E-state index contributed by atoms with van der Waals surface area (Å²) < 4.78 is 5.43. The summed E-state index contributed by atoms with van der Waals surface area (Å²) in [6, 6.07) is 15.0. The predicted molar refractivity (Wildman–Crippen MR) is 114 cm³/mol. The maximum absolute atomic E-state index is 12.4. The fraction of sp³-hybridized carbons (Fsp3) is 0.348. The number of aromatic nitrogens is 1. The van der Waals surface area contributed by atoms with Crippen LogP contribution in [-0.4, -0.2) is 66.0 Å². The molecular weight excluding hydrogens is 380 g/mol. The first-order chi connectivity index (χ1) is 14.7. The Labute approximate surface area is 174 Å². The van der Waals surface area contributed by atoms with E-state index in [1.807, 2.05) is 24.3 Å². The van der Waals surface area contributed by atoms with Crippen LogP contribution in [0.15, 0.2) is 53.1 Å². The zero-order chi connectivity index (χ0) is 20.5. The van der Waals surface area contributed by atoms with Crippen LogP contribution in [0.5, 0.6) is 0 Å². The Morgan fingerprint density at radius 1 is 0.800 bits per heavy atom. The van der Waals surface area contributed by atoms with Crippen molar-refractivity contribution in [1.29, 1.82) is 0 Å². The molecule has 2 amide bonds. The second-order valence-electron chi connectivity index (χ2n) is 7.85. The van der Waals surface area contributed by atoms with Crippen molar-refractivity contribution in [1.82, 2.24) is 15.0 Å². The third kappa shape index (κ3) is 3.35. The highest BCUT2D eigenvalue weighted by Gasteiger charge is 2.34. The summed E-state index contributed by atoms with van der Waals surface area (Å²) in [5.41, 5.74) is 1.88. The lowest BCUT2D eigenvalue weighted by Gasteiger charge is -2.34. The zero-order valence-electron chi connectivity index (χ0n) is 16.8. The molecule has 1 saturated heterocycles.